The number of anilines is 2. The lowest BCUT2D eigenvalue weighted by Crippen LogP contribution is -2.53. The van der Waals surface area contributed by atoms with E-state index in [9.17, 15) is 14.4 Å². The van der Waals surface area contributed by atoms with Crippen molar-refractivity contribution in [2.24, 2.45) is 0 Å². The van der Waals surface area contributed by atoms with Gasteiger partial charge in [0.15, 0.2) is 0 Å². The van der Waals surface area contributed by atoms with E-state index in [4.69, 9.17) is 4.74 Å². The Bertz CT molecular complexity index is 1040. The smallest absolute Gasteiger partial charge is 0.317 e. The Morgan fingerprint density at radius 1 is 0.857 bits per heavy atom. The Morgan fingerprint density at radius 2 is 1.54 bits per heavy atom. The number of piperazine rings is 1. The summed E-state index contributed by atoms with van der Waals surface area (Å²) in [4.78, 5) is 44.3. The second-order valence-corrected chi connectivity index (χ2v) is 9.03. The molecule has 0 atom stereocenters. The minimum Gasteiger partial charge on any atom is -0.378 e. The number of nitrogens with one attached hydrogen (secondary N) is 2. The number of amides is 4. The Balaban J connectivity index is 1.54. The van der Waals surface area contributed by atoms with Crippen LogP contribution in [0.3, 0.4) is 0 Å². The number of carbonyl (C=O) groups is 3. The Labute approximate surface area is 206 Å². The number of morpholine rings is 1. The lowest BCUT2D eigenvalue weighted by molar-refractivity contribution is 0.0303. The van der Waals surface area contributed by atoms with Gasteiger partial charge >= 0.3 is 6.03 Å². The molecule has 35 heavy (non-hydrogen) atoms. The monoisotopic (exact) mass is 479 g/mol. The lowest BCUT2D eigenvalue weighted by Gasteiger charge is -2.37. The first-order valence-corrected chi connectivity index (χ1v) is 12.1. The first-order chi connectivity index (χ1) is 16.9. The van der Waals surface area contributed by atoms with E-state index in [1.807, 2.05) is 44.2 Å². The highest BCUT2D eigenvalue weighted by molar-refractivity contribution is 6.06. The van der Waals surface area contributed by atoms with Crippen LogP contribution in [-0.4, -0.2) is 86.2 Å². The normalized spacial score (nSPS) is 16.3. The van der Waals surface area contributed by atoms with Crippen LogP contribution in [0.1, 0.15) is 34.6 Å². The van der Waals surface area contributed by atoms with Crippen LogP contribution in [0.15, 0.2) is 48.5 Å². The summed E-state index contributed by atoms with van der Waals surface area (Å²) in [5.74, 6) is -0.313. The lowest BCUT2D eigenvalue weighted by atomic mass is 10.1. The fourth-order valence-electron chi connectivity index (χ4n) is 4.28. The Kier molecular flexibility index (Phi) is 7.87. The van der Waals surface area contributed by atoms with Crippen molar-refractivity contribution in [3.8, 4) is 0 Å². The standard InChI is InChI=1S/C26H33N5O4/c1-19(2)27-26(34)31-12-10-29(11-13-31)23-9-8-21(28-24(32)20-6-4-3-5-7-20)18-22(23)25(33)30-14-16-35-17-15-30/h3-9,18-19H,10-17H2,1-2H3,(H,27,34)(H,28,32). The molecular formula is C26H33N5O4. The highest BCUT2D eigenvalue weighted by atomic mass is 16.5. The van der Waals surface area contributed by atoms with Gasteiger partial charge in [0.05, 0.1) is 18.8 Å². The molecule has 0 radical (unpaired) electrons. The number of nitrogens with zero attached hydrogens (tertiary/aromatic N) is 3. The Hall–Kier alpha value is -3.59. The van der Waals surface area contributed by atoms with Gasteiger partial charge in [-0.15, -0.1) is 0 Å². The van der Waals surface area contributed by atoms with Gasteiger partial charge in [0.1, 0.15) is 0 Å². The quantitative estimate of drug-likeness (QED) is 0.688. The SMILES string of the molecule is CC(C)NC(=O)N1CCN(c2ccc(NC(=O)c3ccccc3)cc2C(=O)N2CCOCC2)CC1. The van der Waals surface area contributed by atoms with Gasteiger partial charge in [-0.1, -0.05) is 18.2 Å². The van der Waals surface area contributed by atoms with Gasteiger partial charge in [-0.2, -0.15) is 0 Å². The molecule has 0 unspecified atom stereocenters. The summed E-state index contributed by atoms with van der Waals surface area (Å²) >= 11 is 0. The maximum absolute atomic E-state index is 13.5. The third kappa shape index (κ3) is 6.10. The summed E-state index contributed by atoms with van der Waals surface area (Å²) < 4.78 is 5.41. The van der Waals surface area contributed by atoms with Crippen LogP contribution in [0, 0.1) is 0 Å². The number of hydrogen-bond acceptors (Lipinski definition) is 5. The third-order valence-corrected chi connectivity index (χ3v) is 6.14. The van der Waals surface area contributed by atoms with E-state index in [2.05, 4.69) is 15.5 Å². The average Bonchev–Trinajstić information content (AvgIpc) is 2.89. The molecule has 2 aliphatic rings. The molecule has 0 spiro atoms. The molecular weight excluding hydrogens is 446 g/mol. The van der Waals surface area contributed by atoms with Crippen molar-refractivity contribution in [1.29, 1.82) is 0 Å². The van der Waals surface area contributed by atoms with Gasteiger partial charge in [-0.3, -0.25) is 9.59 Å². The molecule has 2 aromatic rings. The highest BCUT2D eigenvalue weighted by Crippen LogP contribution is 2.28. The molecule has 2 aromatic carbocycles. The van der Waals surface area contributed by atoms with Gasteiger partial charge in [0, 0.05) is 62.2 Å². The summed E-state index contributed by atoms with van der Waals surface area (Å²) in [6, 6.07) is 14.5. The molecule has 9 heteroatoms. The van der Waals surface area contributed by atoms with E-state index >= 15 is 0 Å². The number of benzene rings is 2. The van der Waals surface area contributed by atoms with Gasteiger partial charge < -0.3 is 30.1 Å². The zero-order valence-corrected chi connectivity index (χ0v) is 20.3. The van der Waals surface area contributed by atoms with E-state index in [0.717, 1.165) is 5.69 Å². The number of carbonyl (C=O) groups excluding carboxylic acids is 3. The fraction of sp³-hybridized carbons (Fsp3) is 0.423. The van der Waals surface area contributed by atoms with Crippen LogP contribution in [-0.2, 0) is 4.74 Å². The molecule has 0 saturated carbocycles. The molecule has 4 amide bonds. The van der Waals surface area contributed by atoms with Crippen LogP contribution < -0.4 is 15.5 Å². The molecule has 0 bridgehead atoms. The maximum Gasteiger partial charge on any atom is 0.317 e. The van der Waals surface area contributed by atoms with Crippen LogP contribution >= 0.6 is 0 Å². The van der Waals surface area contributed by atoms with Gasteiger partial charge in [-0.05, 0) is 44.2 Å². The molecule has 186 valence electrons. The van der Waals surface area contributed by atoms with Crippen molar-refractivity contribution in [2.45, 2.75) is 19.9 Å². The van der Waals surface area contributed by atoms with Crippen molar-refractivity contribution >= 4 is 29.2 Å². The topological polar surface area (TPSA) is 94.2 Å². The average molecular weight is 480 g/mol. The number of ether oxygens (including phenoxy) is 1. The van der Waals surface area contributed by atoms with Crippen LogP contribution in [0.4, 0.5) is 16.2 Å². The highest BCUT2D eigenvalue weighted by Gasteiger charge is 2.27. The molecule has 2 fully saturated rings. The minimum atomic E-state index is -0.229. The van der Waals surface area contributed by atoms with Crippen LogP contribution in [0.25, 0.3) is 0 Å². The molecule has 2 aliphatic heterocycles. The molecule has 2 N–H and O–H groups in total. The van der Waals surface area contributed by atoms with Gasteiger partial charge in [-0.25, -0.2) is 4.79 Å². The first kappa shape index (κ1) is 24.5. The van der Waals surface area contributed by atoms with Crippen molar-refractivity contribution in [1.82, 2.24) is 15.1 Å². The predicted molar refractivity (Wildman–Crippen MR) is 135 cm³/mol. The van der Waals surface area contributed by atoms with Crippen molar-refractivity contribution in [3.63, 3.8) is 0 Å². The summed E-state index contributed by atoms with van der Waals surface area (Å²) in [6.45, 7) is 8.32. The number of hydrogen-bond donors (Lipinski definition) is 2. The minimum absolute atomic E-state index is 0.0664. The van der Waals surface area contributed by atoms with Crippen molar-refractivity contribution in [2.75, 3.05) is 62.7 Å². The Morgan fingerprint density at radius 3 is 2.20 bits per heavy atom. The largest absolute Gasteiger partial charge is 0.378 e. The zero-order chi connectivity index (χ0) is 24.8. The molecule has 2 saturated heterocycles. The zero-order valence-electron chi connectivity index (χ0n) is 20.3. The van der Waals surface area contributed by atoms with Crippen LogP contribution in [0.2, 0.25) is 0 Å². The van der Waals surface area contributed by atoms with E-state index in [1.54, 1.807) is 28.0 Å². The second kappa shape index (κ2) is 11.2. The van der Waals surface area contributed by atoms with Crippen LogP contribution in [0.5, 0.6) is 0 Å². The second-order valence-electron chi connectivity index (χ2n) is 9.03. The summed E-state index contributed by atoms with van der Waals surface area (Å²) in [7, 11) is 0. The molecule has 0 aromatic heterocycles. The van der Waals surface area contributed by atoms with E-state index in [1.165, 1.54) is 0 Å². The maximum atomic E-state index is 13.5. The molecule has 4 rings (SSSR count). The van der Waals surface area contributed by atoms with Crippen molar-refractivity contribution < 1.29 is 19.1 Å². The third-order valence-electron chi connectivity index (χ3n) is 6.14. The predicted octanol–water partition coefficient (Wildman–Crippen LogP) is 2.65. The number of rotatable bonds is 5. The van der Waals surface area contributed by atoms with E-state index in [-0.39, 0.29) is 23.9 Å². The van der Waals surface area contributed by atoms with E-state index < -0.39 is 0 Å². The van der Waals surface area contributed by atoms with Gasteiger partial charge in [0.25, 0.3) is 11.8 Å². The summed E-state index contributed by atoms with van der Waals surface area (Å²) in [6.07, 6.45) is 0. The molecule has 9 nitrogen and oxygen atoms in total. The first-order valence-electron chi connectivity index (χ1n) is 12.1. The molecule has 0 aliphatic carbocycles. The number of urea groups is 1. The fourth-order valence-corrected chi connectivity index (χ4v) is 4.28. The van der Waals surface area contributed by atoms with E-state index in [0.29, 0.717) is 69.3 Å². The molecule has 2 heterocycles. The van der Waals surface area contributed by atoms with Gasteiger partial charge in [0.2, 0.25) is 0 Å². The summed E-state index contributed by atoms with van der Waals surface area (Å²) in [5, 5.41) is 5.85. The summed E-state index contributed by atoms with van der Waals surface area (Å²) in [5.41, 5.74) is 2.46. The van der Waals surface area contributed by atoms with Crippen molar-refractivity contribution in [3.05, 3.63) is 59.7 Å².